The highest BCUT2D eigenvalue weighted by atomic mass is 79.9. The Hall–Kier alpha value is -3.16. The number of phenolic OH excluding ortho intramolecular Hbond substituents is 1. The molecule has 3 aromatic carbocycles. The Kier molecular flexibility index (Phi) is 7.56. The van der Waals surface area contributed by atoms with Gasteiger partial charge in [-0.05, 0) is 79.9 Å². The zero-order valence-electron chi connectivity index (χ0n) is 16.8. The maximum Gasteiger partial charge on any atom is 0.270 e. The zero-order valence-corrected chi connectivity index (χ0v) is 20.8. The molecule has 0 spiro atoms. The zero-order chi connectivity index (χ0) is 24.2. The van der Waals surface area contributed by atoms with E-state index in [0.717, 1.165) is 12.1 Å². The Morgan fingerprint density at radius 1 is 1.09 bits per heavy atom. The van der Waals surface area contributed by atoms with Crippen LogP contribution in [0.25, 0.3) is 0 Å². The molecule has 0 aliphatic carbocycles. The van der Waals surface area contributed by atoms with Crippen LogP contribution in [0.1, 0.15) is 5.56 Å². The van der Waals surface area contributed by atoms with E-state index in [1.807, 2.05) is 0 Å². The van der Waals surface area contributed by atoms with Crippen LogP contribution in [-0.2, 0) is 10.0 Å². The predicted octanol–water partition coefficient (Wildman–Crippen LogP) is 5.08. The van der Waals surface area contributed by atoms with Crippen LogP contribution in [0, 0.1) is 10.1 Å². The van der Waals surface area contributed by atoms with Crippen molar-refractivity contribution < 1.29 is 23.2 Å². The largest absolute Gasteiger partial charge is 0.506 e. The Morgan fingerprint density at radius 2 is 1.73 bits per heavy atom. The molecule has 172 valence electrons. The standard InChI is InChI=1S/C20H16Br2N4O6S/c1-32-15-5-2-13(3-6-15)25-33(30,31)19-10-14(26(28)29)4-7-18(19)24-23-11-12-8-16(21)20(27)17(22)9-12/h2-11,24-25,27H,1H3/b23-11-. The topological polar surface area (TPSA) is 143 Å². The van der Waals surface area contributed by atoms with Crippen LogP contribution in [-0.4, -0.2) is 31.8 Å². The van der Waals surface area contributed by atoms with Crippen molar-refractivity contribution in [2.75, 3.05) is 17.3 Å². The summed E-state index contributed by atoms with van der Waals surface area (Å²) < 4.78 is 34.3. The Bertz CT molecular complexity index is 1310. The van der Waals surface area contributed by atoms with Crippen LogP contribution in [0.15, 0.2) is 73.5 Å². The van der Waals surface area contributed by atoms with Crippen molar-refractivity contribution in [3.05, 3.63) is 79.2 Å². The number of nitrogens with zero attached hydrogens (tertiary/aromatic N) is 2. The first-order valence-corrected chi connectivity index (χ1v) is 12.1. The van der Waals surface area contributed by atoms with Gasteiger partial charge in [0.25, 0.3) is 15.7 Å². The normalized spacial score (nSPS) is 11.4. The smallest absolute Gasteiger partial charge is 0.270 e. The molecule has 0 saturated heterocycles. The molecule has 0 saturated carbocycles. The molecule has 0 fully saturated rings. The quantitative estimate of drug-likeness (QED) is 0.186. The number of aromatic hydroxyl groups is 1. The molecule has 13 heteroatoms. The number of nitro benzene ring substituents is 1. The molecule has 0 unspecified atom stereocenters. The van der Waals surface area contributed by atoms with Crippen molar-refractivity contribution >= 4 is 65.2 Å². The van der Waals surface area contributed by atoms with Gasteiger partial charge in [-0.15, -0.1) is 0 Å². The number of anilines is 2. The highest BCUT2D eigenvalue weighted by Gasteiger charge is 2.23. The van der Waals surface area contributed by atoms with E-state index >= 15 is 0 Å². The second kappa shape index (κ2) is 10.2. The average molecular weight is 600 g/mol. The van der Waals surface area contributed by atoms with E-state index in [0.29, 0.717) is 20.3 Å². The monoisotopic (exact) mass is 598 g/mol. The van der Waals surface area contributed by atoms with Crippen LogP contribution in [0.3, 0.4) is 0 Å². The Balaban J connectivity index is 1.93. The van der Waals surface area contributed by atoms with Gasteiger partial charge in [0.1, 0.15) is 16.4 Å². The summed E-state index contributed by atoms with van der Waals surface area (Å²) in [6.07, 6.45) is 1.39. The van der Waals surface area contributed by atoms with E-state index < -0.39 is 20.6 Å². The minimum atomic E-state index is -4.21. The Morgan fingerprint density at radius 3 is 2.30 bits per heavy atom. The number of halogens is 2. The minimum absolute atomic E-state index is 0.0217. The third kappa shape index (κ3) is 6.00. The molecule has 10 nitrogen and oxygen atoms in total. The fourth-order valence-electron chi connectivity index (χ4n) is 2.64. The second-order valence-corrected chi connectivity index (χ2v) is 9.83. The van der Waals surface area contributed by atoms with E-state index in [1.165, 1.54) is 31.5 Å². The van der Waals surface area contributed by atoms with Gasteiger partial charge in [-0.3, -0.25) is 20.3 Å². The summed E-state index contributed by atoms with van der Waals surface area (Å²) in [6, 6.07) is 12.7. The van der Waals surface area contributed by atoms with Crippen LogP contribution in [0.5, 0.6) is 11.5 Å². The Labute approximate surface area is 205 Å². The van der Waals surface area contributed by atoms with Gasteiger partial charge in [0.2, 0.25) is 0 Å². The highest BCUT2D eigenvalue weighted by molar-refractivity contribution is 9.11. The van der Waals surface area contributed by atoms with Gasteiger partial charge in [-0.1, -0.05) is 0 Å². The number of rotatable bonds is 8. The molecular weight excluding hydrogens is 584 g/mol. The molecule has 0 amide bonds. The van der Waals surface area contributed by atoms with Crippen molar-refractivity contribution in [1.82, 2.24) is 0 Å². The summed E-state index contributed by atoms with van der Waals surface area (Å²) in [4.78, 5) is 10.2. The number of phenols is 1. The molecule has 0 bridgehead atoms. The summed E-state index contributed by atoms with van der Waals surface area (Å²) >= 11 is 6.42. The van der Waals surface area contributed by atoms with Gasteiger partial charge < -0.3 is 9.84 Å². The number of methoxy groups -OCH3 is 1. The highest BCUT2D eigenvalue weighted by Crippen LogP contribution is 2.33. The fraction of sp³-hybridized carbons (Fsp3) is 0.0500. The first-order valence-electron chi connectivity index (χ1n) is 9.03. The van der Waals surface area contributed by atoms with Crippen LogP contribution < -0.4 is 14.9 Å². The molecule has 0 aliphatic rings. The molecule has 0 heterocycles. The molecule has 0 aromatic heterocycles. The summed E-state index contributed by atoms with van der Waals surface area (Å²) in [5, 5.41) is 25.0. The lowest BCUT2D eigenvalue weighted by molar-refractivity contribution is -0.385. The van der Waals surface area contributed by atoms with E-state index in [9.17, 15) is 23.6 Å². The predicted molar refractivity (Wildman–Crippen MR) is 132 cm³/mol. The van der Waals surface area contributed by atoms with Gasteiger partial charge in [0.15, 0.2) is 0 Å². The van der Waals surface area contributed by atoms with Gasteiger partial charge >= 0.3 is 0 Å². The molecule has 3 rings (SSSR count). The van der Waals surface area contributed by atoms with Crippen molar-refractivity contribution in [1.29, 1.82) is 0 Å². The molecule has 3 aromatic rings. The van der Waals surface area contributed by atoms with Crippen molar-refractivity contribution in [3.8, 4) is 11.5 Å². The number of nitro groups is 1. The number of hydrogen-bond acceptors (Lipinski definition) is 8. The van der Waals surface area contributed by atoms with Crippen molar-refractivity contribution in [2.45, 2.75) is 4.90 Å². The SMILES string of the molecule is COc1ccc(NS(=O)(=O)c2cc([N+](=O)[O-])ccc2N/N=C\c2cc(Br)c(O)c(Br)c2)cc1. The third-order valence-electron chi connectivity index (χ3n) is 4.25. The maximum absolute atomic E-state index is 13.0. The average Bonchev–Trinajstić information content (AvgIpc) is 2.77. The van der Waals surface area contributed by atoms with Crippen LogP contribution in [0.2, 0.25) is 0 Å². The minimum Gasteiger partial charge on any atom is -0.506 e. The summed E-state index contributed by atoms with van der Waals surface area (Å²) in [7, 11) is -2.73. The van der Waals surface area contributed by atoms with Crippen LogP contribution in [0.4, 0.5) is 17.1 Å². The molecule has 0 aliphatic heterocycles. The van der Waals surface area contributed by atoms with Gasteiger partial charge in [-0.2, -0.15) is 5.10 Å². The number of hydrogen-bond donors (Lipinski definition) is 3. The molecule has 3 N–H and O–H groups in total. The number of ether oxygens (including phenoxy) is 1. The first-order chi connectivity index (χ1) is 15.6. The van der Waals surface area contributed by atoms with Gasteiger partial charge in [-0.25, -0.2) is 8.42 Å². The molecule has 33 heavy (non-hydrogen) atoms. The number of nitrogens with one attached hydrogen (secondary N) is 2. The lowest BCUT2D eigenvalue weighted by Crippen LogP contribution is -2.15. The third-order valence-corrected chi connectivity index (χ3v) is 6.88. The van der Waals surface area contributed by atoms with E-state index in [4.69, 9.17) is 4.74 Å². The lowest BCUT2D eigenvalue weighted by Gasteiger charge is -2.12. The van der Waals surface area contributed by atoms with Crippen molar-refractivity contribution in [3.63, 3.8) is 0 Å². The molecule has 0 radical (unpaired) electrons. The van der Waals surface area contributed by atoms with Crippen molar-refractivity contribution in [2.24, 2.45) is 5.10 Å². The van der Waals surface area contributed by atoms with Gasteiger partial charge in [0.05, 0.1) is 32.9 Å². The maximum atomic E-state index is 13.0. The summed E-state index contributed by atoms with van der Waals surface area (Å²) in [6.45, 7) is 0. The number of benzene rings is 3. The molecule has 0 atom stereocenters. The number of sulfonamides is 1. The number of non-ortho nitro benzene ring substituents is 1. The molecular formula is C20H16Br2N4O6S. The van der Waals surface area contributed by atoms with E-state index in [-0.39, 0.29) is 22.0 Å². The lowest BCUT2D eigenvalue weighted by atomic mass is 10.2. The second-order valence-electron chi connectivity index (χ2n) is 6.47. The summed E-state index contributed by atoms with van der Waals surface area (Å²) in [5.41, 5.74) is 3.06. The first kappa shape index (κ1) is 24.5. The van der Waals surface area contributed by atoms with E-state index in [1.54, 1.807) is 24.3 Å². The van der Waals surface area contributed by atoms with Crippen LogP contribution >= 0.6 is 31.9 Å². The van der Waals surface area contributed by atoms with Gasteiger partial charge in [0, 0.05) is 17.8 Å². The number of hydrazone groups is 1. The summed E-state index contributed by atoms with van der Waals surface area (Å²) in [5.74, 6) is 0.561. The fourth-order valence-corrected chi connectivity index (χ4v) is 5.10. The van der Waals surface area contributed by atoms with E-state index in [2.05, 4.69) is 47.1 Å².